The van der Waals surface area contributed by atoms with Gasteiger partial charge < -0.3 is 19.0 Å². The molecule has 0 aliphatic heterocycles. The van der Waals surface area contributed by atoms with Crippen molar-refractivity contribution in [1.82, 2.24) is 0 Å². The zero-order valence-electron chi connectivity index (χ0n) is 8.25. The molecular weight excluding hydrogens is 191 g/mol. The number of hydrogen-bond acceptors (Lipinski definition) is 4. The fourth-order valence-electron chi connectivity index (χ4n) is 0.728. The van der Waals surface area contributed by atoms with Crippen LogP contribution in [-0.2, 0) is 19.0 Å². The molecule has 0 aromatic carbocycles. The fraction of sp³-hybridized carbons (Fsp3) is 0.889. The van der Waals surface area contributed by atoms with Crippen molar-refractivity contribution in [3.8, 4) is 0 Å². The smallest absolute Gasteiger partial charge is 0.122 e. The van der Waals surface area contributed by atoms with Gasteiger partial charge in [-0.2, -0.15) is 0 Å². The number of halogens is 1. The molecule has 0 amide bonds. The molecule has 0 aliphatic rings. The van der Waals surface area contributed by atoms with Crippen LogP contribution >= 0.6 is 0 Å². The monoisotopic (exact) mass is 208 g/mol. The molecule has 0 bridgehead atoms. The highest BCUT2D eigenvalue weighted by Gasteiger charge is 1.90. The number of aldehydes is 1. The Morgan fingerprint density at radius 2 is 1.36 bits per heavy atom. The first-order chi connectivity index (χ1) is 6.91. The first-order valence-electron chi connectivity index (χ1n) is 4.64. The molecule has 0 unspecified atom stereocenters. The van der Waals surface area contributed by atoms with E-state index < -0.39 is 6.67 Å². The number of alkyl halides is 1. The summed E-state index contributed by atoms with van der Waals surface area (Å²) < 4.78 is 26.5. The van der Waals surface area contributed by atoms with E-state index in [4.69, 9.17) is 14.2 Å². The van der Waals surface area contributed by atoms with Crippen molar-refractivity contribution in [2.75, 3.05) is 46.3 Å². The SMILES string of the molecule is O=CCCOCCOCCOCCF. The van der Waals surface area contributed by atoms with E-state index in [9.17, 15) is 9.18 Å². The standard InChI is InChI=1S/C9H17FO4/c10-2-5-13-7-9-14-8-6-12-4-1-3-11/h3H,1-2,4-9H2. The minimum absolute atomic E-state index is 0.124. The third kappa shape index (κ3) is 11.5. The number of hydrogen-bond donors (Lipinski definition) is 0. The van der Waals surface area contributed by atoms with Crippen LogP contribution in [0.5, 0.6) is 0 Å². The van der Waals surface area contributed by atoms with Crippen LogP contribution in [0.1, 0.15) is 6.42 Å². The molecule has 4 nitrogen and oxygen atoms in total. The van der Waals surface area contributed by atoms with E-state index in [0.29, 0.717) is 39.5 Å². The summed E-state index contributed by atoms with van der Waals surface area (Å²) >= 11 is 0. The van der Waals surface area contributed by atoms with Crippen molar-refractivity contribution in [2.24, 2.45) is 0 Å². The van der Waals surface area contributed by atoms with Crippen LogP contribution in [0.2, 0.25) is 0 Å². The summed E-state index contributed by atoms with van der Waals surface area (Å²) in [5.74, 6) is 0. The van der Waals surface area contributed by atoms with E-state index in [-0.39, 0.29) is 6.61 Å². The van der Waals surface area contributed by atoms with Crippen LogP contribution in [0.4, 0.5) is 4.39 Å². The molecule has 0 aromatic heterocycles. The summed E-state index contributed by atoms with van der Waals surface area (Å²) in [4.78, 5) is 9.88. The van der Waals surface area contributed by atoms with Gasteiger partial charge in [-0.25, -0.2) is 4.39 Å². The highest BCUT2D eigenvalue weighted by atomic mass is 19.1. The van der Waals surface area contributed by atoms with Gasteiger partial charge in [-0.3, -0.25) is 0 Å². The van der Waals surface area contributed by atoms with Crippen LogP contribution in [0.15, 0.2) is 0 Å². The van der Waals surface area contributed by atoms with Crippen LogP contribution < -0.4 is 0 Å². The van der Waals surface area contributed by atoms with Crippen LogP contribution in [0.3, 0.4) is 0 Å². The van der Waals surface area contributed by atoms with E-state index in [1.54, 1.807) is 0 Å². The quantitative estimate of drug-likeness (QED) is 0.368. The molecule has 5 heteroatoms. The summed E-state index contributed by atoms with van der Waals surface area (Å²) in [6.45, 7) is 1.88. The van der Waals surface area contributed by atoms with Gasteiger partial charge in [-0.05, 0) is 0 Å². The maximum absolute atomic E-state index is 11.5. The lowest BCUT2D eigenvalue weighted by molar-refractivity contribution is -0.108. The molecule has 14 heavy (non-hydrogen) atoms. The predicted molar refractivity (Wildman–Crippen MR) is 49.1 cm³/mol. The molecular formula is C9H17FO4. The van der Waals surface area contributed by atoms with Crippen LogP contribution in [0.25, 0.3) is 0 Å². The van der Waals surface area contributed by atoms with Gasteiger partial charge in [-0.1, -0.05) is 0 Å². The van der Waals surface area contributed by atoms with Crippen molar-refractivity contribution >= 4 is 6.29 Å². The molecule has 0 spiro atoms. The first kappa shape index (κ1) is 13.5. The molecule has 0 heterocycles. The van der Waals surface area contributed by atoms with Crippen molar-refractivity contribution < 1.29 is 23.4 Å². The molecule has 0 radical (unpaired) electrons. The Hall–Kier alpha value is -0.520. The minimum Gasteiger partial charge on any atom is -0.379 e. The Morgan fingerprint density at radius 1 is 0.857 bits per heavy atom. The summed E-state index contributed by atoms with van der Waals surface area (Å²) in [6.07, 6.45) is 1.23. The van der Waals surface area contributed by atoms with Gasteiger partial charge in [0.15, 0.2) is 0 Å². The lowest BCUT2D eigenvalue weighted by atomic mass is 10.5. The maximum Gasteiger partial charge on any atom is 0.122 e. The average molecular weight is 208 g/mol. The van der Waals surface area contributed by atoms with Gasteiger partial charge in [0.1, 0.15) is 13.0 Å². The lowest BCUT2D eigenvalue weighted by Gasteiger charge is -2.04. The van der Waals surface area contributed by atoms with Crippen molar-refractivity contribution in [1.29, 1.82) is 0 Å². The lowest BCUT2D eigenvalue weighted by Crippen LogP contribution is -2.10. The second kappa shape index (κ2) is 12.5. The molecule has 0 rings (SSSR count). The van der Waals surface area contributed by atoms with Crippen LogP contribution in [-0.4, -0.2) is 52.6 Å². The molecule has 0 atom stereocenters. The van der Waals surface area contributed by atoms with Crippen molar-refractivity contribution in [3.63, 3.8) is 0 Å². The Kier molecular flexibility index (Phi) is 12.0. The highest BCUT2D eigenvalue weighted by molar-refractivity contribution is 5.49. The number of ether oxygens (including phenoxy) is 3. The zero-order chi connectivity index (χ0) is 10.5. The fourth-order valence-corrected chi connectivity index (χ4v) is 0.728. The van der Waals surface area contributed by atoms with E-state index in [2.05, 4.69) is 0 Å². The molecule has 84 valence electrons. The van der Waals surface area contributed by atoms with Gasteiger partial charge in [0.05, 0.1) is 39.6 Å². The molecule has 0 fully saturated rings. The molecule has 0 saturated carbocycles. The summed E-state index contributed by atoms with van der Waals surface area (Å²) in [7, 11) is 0. The third-order valence-corrected chi connectivity index (χ3v) is 1.35. The first-order valence-corrected chi connectivity index (χ1v) is 4.64. The number of rotatable bonds is 11. The van der Waals surface area contributed by atoms with Gasteiger partial charge in [-0.15, -0.1) is 0 Å². The highest BCUT2D eigenvalue weighted by Crippen LogP contribution is 1.82. The number of carbonyl (C=O) groups is 1. The Balaban J connectivity index is 2.81. The molecule has 0 N–H and O–H groups in total. The maximum atomic E-state index is 11.5. The summed E-state index contributed by atoms with van der Waals surface area (Å²) in [6, 6.07) is 0. The van der Waals surface area contributed by atoms with Crippen molar-refractivity contribution in [3.05, 3.63) is 0 Å². The second-order valence-corrected chi connectivity index (χ2v) is 2.48. The average Bonchev–Trinajstić information content (AvgIpc) is 2.21. The Labute approximate surface area is 83.3 Å². The van der Waals surface area contributed by atoms with E-state index in [0.717, 1.165) is 6.29 Å². The van der Waals surface area contributed by atoms with Gasteiger partial charge in [0.25, 0.3) is 0 Å². The zero-order valence-corrected chi connectivity index (χ0v) is 8.25. The third-order valence-electron chi connectivity index (χ3n) is 1.35. The van der Waals surface area contributed by atoms with Gasteiger partial charge in [0, 0.05) is 6.42 Å². The normalized spacial score (nSPS) is 10.4. The topological polar surface area (TPSA) is 44.8 Å². The summed E-state index contributed by atoms with van der Waals surface area (Å²) in [5.41, 5.74) is 0. The van der Waals surface area contributed by atoms with Crippen LogP contribution in [0, 0.1) is 0 Å². The van der Waals surface area contributed by atoms with Gasteiger partial charge in [0.2, 0.25) is 0 Å². The van der Waals surface area contributed by atoms with E-state index >= 15 is 0 Å². The van der Waals surface area contributed by atoms with Crippen molar-refractivity contribution in [2.45, 2.75) is 6.42 Å². The van der Waals surface area contributed by atoms with Gasteiger partial charge >= 0.3 is 0 Å². The molecule has 0 aromatic rings. The van der Waals surface area contributed by atoms with E-state index in [1.165, 1.54) is 0 Å². The second-order valence-electron chi connectivity index (χ2n) is 2.48. The van der Waals surface area contributed by atoms with E-state index in [1.807, 2.05) is 0 Å². The predicted octanol–water partition coefficient (Wildman–Crippen LogP) is 0.595. The Morgan fingerprint density at radius 3 is 1.86 bits per heavy atom. The minimum atomic E-state index is -0.463. The summed E-state index contributed by atoms with van der Waals surface area (Å²) in [5, 5.41) is 0. The molecule has 0 saturated heterocycles. The largest absolute Gasteiger partial charge is 0.379 e. The number of carbonyl (C=O) groups excluding carboxylic acids is 1. The molecule has 0 aliphatic carbocycles. The Bertz CT molecular complexity index is 121.